The van der Waals surface area contributed by atoms with Crippen LogP contribution in [0.15, 0.2) is 48.5 Å². The van der Waals surface area contributed by atoms with Crippen LogP contribution >= 0.6 is 0 Å². The van der Waals surface area contributed by atoms with Crippen LogP contribution in [0.3, 0.4) is 0 Å². The maximum atomic E-state index is 13.6. The lowest BCUT2D eigenvalue weighted by Crippen LogP contribution is -2.30. The van der Waals surface area contributed by atoms with Crippen LogP contribution in [0.25, 0.3) is 0 Å². The molecule has 6 heteroatoms. The molecule has 3 rings (SSSR count). The summed E-state index contributed by atoms with van der Waals surface area (Å²) in [5, 5.41) is 0. The van der Waals surface area contributed by atoms with Gasteiger partial charge in [0, 0.05) is 43.3 Å². The van der Waals surface area contributed by atoms with Gasteiger partial charge in [-0.25, -0.2) is 4.79 Å². The smallest absolute Gasteiger partial charge is 0.340 e. The molecule has 0 fully saturated rings. The summed E-state index contributed by atoms with van der Waals surface area (Å²) in [6.45, 7) is 8.71. The number of rotatable bonds is 8. The number of ether oxygens (including phenoxy) is 1. The number of amides is 1. The minimum atomic E-state index is -0.343. The van der Waals surface area contributed by atoms with Gasteiger partial charge in [0.2, 0.25) is 0 Å². The SMILES string of the molecule is CCOC(=O)c1c(C)[nH]c(CN(Cc2ccc(C)cc2)C(=O)c2cccc(N(C)C)c2)c1C. The third kappa shape index (κ3) is 5.64. The van der Waals surface area contributed by atoms with E-state index in [4.69, 9.17) is 4.74 Å². The van der Waals surface area contributed by atoms with Gasteiger partial charge in [0.1, 0.15) is 0 Å². The Balaban J connectivity index is 1.96. The Labute approximate surface area is 196 Å². The van der Waals surface area contributed by atoms with Gasteiger partial charge in [0.05, 0.1) is 18.7 Å². The van der Waals surface area contributed by atoms with Crippen LogP contribution in [-0.2, 0) is 17.8 Å². The van der Waals surface area contributed by atoms with E-state index in [0.29, 0.717) is 30.8 Å². The Morgan fingerprint density at radius 3 is 2.30 bits per heavy atom. The van der Waals surface area contributed by atoms with Crippen molar-refractivity contribution < 1.29 is 14.3 Å². The molecule has 174 valence electrons. The Morgan fingerprint density at radius 2 is 1.67 bits per heavy atom. The van der Waals surface area contributed by atoms with Gasteiger partial charge in [-0.15, -0.1) is 0 Å². The Bertz CT molecular complexity index is 1130. The van der Waals surface area contributed by atoms with Crippen molar-refractivity contribution in [1.82, 2.24) is 9.88 Å². The first-order valence-electron chi connectivity index (χ1n) is 11.2. The number of aromatic nitrogens is 1. The largest absolute Gasteiger partial charge is 0.462 e. The van der Waals surface area contributed by atoms with E-state index >= 15 is 0 Å². The number of aryl methyl sites for hydroxylation is 2. The fourth-order valence-electron chi connectivity index (χ4n) is 3.89. The molecule has 2 aromatic carbocycles. The topological polar surface area (TPSA) is 65.6 Å². The van der Waals surface area contributed by atoms with Gasteiger partial charge < -0.3 is 19.5 Å². The summed E-state index contributed by atoms with van der Waals surface area (Å²) < 4.78 is 5.22. The molecule has 0 radical (unpaired) electrons. The zero-order valence-electron chi connectivity index (χ0n) is 20.4. The van der Waals surface area contributed by atoms with Crippen LogP contribution in [0.5, 0.6) is 0 Å². The number of aromatic amines is 1. The summed E-state index contributed by atoms with van der Waals surface area (Å²) in [6, 6.07) is 15.8. The first-order chi connectivity index (χ1) is 15.7. The third-order valence-corrected chi connectivity index (χ3v) is 5.76. The second kappa shape index (κ2) is 10.4. The predicted molar refractivity (Wildman–Crippen MR) is 132 cm³/mol. The number of anilines is 1. The molecular formula is C27H33N3O3. The minimum absolute atomic E-state index is 0.0661. The van der Waals surface area contributed by atoms with E-state index in [-0.39, 0.29) is 11.9 Å². The molecule has 1 heterocycles. The van der Waals surface area contributed by atoms with E-state index in [1.807, 2.05) is 93.2 Å². The molecule has 0 aliphatic heterocycles. The second-order valence-electron chi connectivity index (χ2n) is 8.54. The molecule has 3 aromatic rings. The molecule has 0 spiro atoms. The van der Waals surface area contributed by atoms with Crippen LogP contribution in [0, 0.1) is 20.8 Å². The number of benzene rings is 2. The highest BCUT2D eigenvalue weighted by atomic mass is 16.5. The van der Waals surface area contributed by atoms with Crippen molar-refractivity contribution in [2.75, 3.05) is 25.6 Å². The lowest BCUT2D eigenvalue weighted by Gasteiger charge is -2.24. The summed E-state index contributed by atoms with van der Waals surface area (Å²) in [5.41, 5.74) is 6.75. The average Bonchev–Trinajstić information content (AvgIpc) is 3.07. The van der Waals surface area contributed by atoms with Gasteiger partial charge in [-0.05, 0) is 57.0 Å². The Hall–Kier alpha value is -3.54. The van der Waals surface area contributed by atoms with Crippen molar-refractivity contribution in [3.63, 3.8) is 0 Å². The fourth-order valence-corrected chi connectivity index (χ4v) is 3.89. The van der Waals surface area contributed by atoms with Crippen LogP contribution < -0.4 is 4.90 Å². The molecule has 0 atom stereocenters. The molecule has 1 amide bonds. The minimum Gasteiger partial charge on any atom is -0.462 e. The number of nitrogens with one attached hydrogen (secondary N) is 1. The number of hydrogen-bond acceptors (Lipinski definition) is 4. The van der Waals surface area contributed by atoms with Crippen molar-refractivity contribution in [2.24, 2.45) is 0 Å². The molecule has 33 heavy (non-hydrogen) atoms. The first-order valence-corrected chi connectivity index (χ1v) is 11.2. The van der Waals surface area contributed by atoms with Gasteiger partial charge in [-0.1, -0.05) is 35.9 Å². The zero-order chi connectivity index (χ0) is 24.1. The van der Waals surface area contributed by atoms with Gasteiger partial charge in [-0.3, -0.25) is 4.79 Å². The van der Waals surface area contributed by atoms with Crippen LogP contribution in [0.2, 0.25) is 0 Å². The van der Waals surface area contributed by atoms with Gasteiger partial charge in [0.25, 0.3) is 5.91 Å². The highest BCUT2D eigenvalue weighted by Gasteiger charge is 2.23. The van der Waals surface area contributed by atoms with Crippen molar-refractivity contribution in [2.45, 2.75) is 40.8 Å². The van der Waals surface area contributed by atoms with Crippen molar-refractivity contribution >= 4 is 17.6 Å². The average molecular weight is 448 g/mol. The highest BCUT2D eigenvalue weighted by Crippen LogP contribution is 2.23. The third-order valence-electron chi connectivity index (χ3n) is 5.76. The van der Waals surface area contributed by atoms with Crippen molar-refractivity contribution in [3.05, 3.63) is 87.7 Å². The normalized spacial score (nSPS) is 10.7. The van der Waals surface area contributed by atoms with E-state index in [1.165, 1.54) is 5.56 Å². The summed E-state index contributed by atoms with van der Waals surface area (Å²) in [4.78, 5) is 33.2. The summed E-state index contributed by atoms with van der Waals surface area (Å²) in [6.07, 6.45) is 0. The maximum Gasteiger partial charge on any atom is 0.340 e. The summed E-state index contributed by atoms with van der Waals surface area (Å²) in [7, 11) is 3.91. The molecule has 1 N–H and O–H groups in total. The van der Waals surface area contributed by atoms with E-state index in [1.54, 1.807) is 6.92 Å². The molecule has 0 unspecified atom stereocenters. The maximum absolute atomic E-state index is 13.6. The van der Waals surface area contributed by atoms with Gasteiger partial charge in [0.15, 0.2) is 0 Å². The Kier molecular flexibility index (Phi) is 7.59. The van der Waals surface area contributed by atoms with Crippen molar-refractivity contribution in [3.8, 4) is 0 Å². The number of H-pyrrole nitrogens is 1. The zero-order valence-corrected chi connectivity index (χ0v) is 20.4. The number of esters is 1. The fraction of sp³-hybridized carbons (Fsp3) is 0.333. The molecule has 6 nitrogen and oxygen atoms in total. The first kappa shape index (κ1) is 24.1. The quantitative estimate of drug-likeness (QED) is 0.492. The van der Waals surface area contributed by atoms with E-state index in [9.17, 15) is 9.59 Å². The van der Waals surface area contributed by atoms with Crippen molar-refractivity contribution in [1.29, 1.82) is 0 Å². The van der Waals surface area contributed by atoms with Gasteiger partial charge in [-0.2, -0.15) is 0 Å². The predicted octanol–water partition coefficient (Wildman–Crippen LogP) is 5.03. The number of hydrogen-bond donors (Lipinski definition) is 1. The molecule has 0 saturated heterocycles. The summed E-state index contributed by atoms with van der Waals surface area (Å²) in [5.74, 6) is -0.409. The number of carbonyl (C=O) groups is 2. The van der Waals surface area contributed by atoms with Gasteiger partial charge >= 0.3 is 5.97 Å². The number of nitrogens with zero attached hydrogens (tertiary/aromatic N) is 2. The standard InChI is InChI=1S/C27H33N3O3/c1-7-33-27(32)25-19(3)24(28-20(25)4)17-30(16-21-13-11-18(2)12-14-21)26(31)22-9-8-10-23(15-22)29(5)6/h8-15,28H,7,16-17H2,1-6H3. The number of carbonyl (C=O) groups excluding carboxylic acids is 2. The monoisotopic (exact) mass is 447 g/mol. The van der Waals surface area contributed by atoms with E-state index < -0.39 is 0 Å². The lowest BCUT2D eigenvalue weighted by molar-refractivity contribution is 0.0525. The summed E-state index contributed by atoms with van der Waals surface area (Å²) >= 11 is 0. The Morgan fingerprint density at radius 1 is 0.970 bits per heavy atom. The molecule has 0 aliphatic carbocycles. The molecule has 1 aromatic heterocycles. The molecule has 0 aliphatic rings. The van der Waals surface area contributed by atoms with E-state index in [0.717, 1.165) is 28.2 Å². The molecule has 0 saturated carbocycles. The van der Waals surface area contributed by atoms with Crippen LogP contribution in [0.1, 0.15) is 55.7 Å². The molecular weight excluding hydrogens is 414 g/mol. The molecule has 0 bridgehead atoms. The van der Waals surface area contributed by atoms with Crippen LogP contribution in [-0.4, -0.2) is 42.5 Å². The van der Waals surface area contributed by atoms with Crippen LogP contribution in [0.4, 0.5) is 5.69 Å². The lowest BCUT2D eigenvalue weighted by atomic mass is 10.1. The van der Waals surface area contributed by atoms with E-state index in [2.05, 4.69) is 4.98 Å². The second-order valence-corrected chi connectivity index (χ2v) is 8.54. The highest BCUT2D eigenvalue weighted by molar-refractivity contribution is 5.95.